The molecule has 0 aliphatic heterocycles. The van der Waals surface area contributed by atoms with Crippen molar-refractivity contribution < 1.29 is 32.6 Å². The van der Waals surface area contributed by atoms with Gasteiger partial charge in [-0.25, -0.2) is 0 Å². The molecule has 11 heteroatoms. The summed E-state index contributed by atoms with van der Waals surface area (Å²) >= 11 is 1.36. The van der Waals surface area contributed by atoms with Crippen LogP contribution in [0.1, 0.15) is 28.3 Å². The van der Waals surface area contributed by atoms with Gasteiger partial charge < -0.3 is 26.2 Å². The first-order chi connectivity index (χ1) is 17.1. The zero-order chi connectivity index (χ0) is 25.9. The summed E-state index contributed by atoms with van der Waals surface area (Å²) in [5.74, 6) is -2.14. The Morgan fingerprint density at radius 3 is 2.42 bits per heavy atom. The highest BCUT2D eigenvalue weighted by atomic mass is 32.1. The van der Waals surface area contributed by atoms with Gasteiger partial charge in [-0.3, -0.25) is 9.59 Å². The third-order valence-electron chi connectivity index (χ3n) is 6.08. The molecule has 0 saturated heterocycles. The largest absolute Gasteiger partial charge is 0.573 e. The van der Waals surface area contributed by atoms with E-state index in [9.17, 15) is 27.9 Å². The van der Waals surface area contributed by atoms with Gasteiger partial charge in [0.2, 0.25) is 11.8 Å². The Hall–Kier alpha value is -3.57. The van der Waals surface area contributed by atoms with E-state index in [-0.39, 0.29) is 23.8 Å². The van der Waals surface area contributed by atoms with Gasteiger partial charge in [-0.1, -0.05) is 24.3 Å². The standard InChI is InChI=1S/C25H24F3N3O4S/c26-25(27,28)35-19-5-6-20(32)18(11-19)12-30-22(17-9-14-3-1-2-4-15(14)10-17)24(34)31-21(23(29)33)16-7-8-36-13-16/h1-8,11,13,17,21-22,30,32H,9-10,12H2,(H2,29,33)(H,31,34)/t21-,22-/m1/s1. The number of nitrogens with one attached hydrogen (secondary N) is 2. The number of rotatable bonds is 9. The fourth-order valence-corrected chi connectivity index (χ4v) is 5.10. The summed E-state index contributed by atoms with van der Waals surface area (Å²) in [4.78, 5) is 25.5. The maximum Gasteiger partial charge on any atom is 0.573 e. The molecule has 0 saturated carbocycles. The number of benzene rings is 2. The average Bonchev–Trinajstić information content (AvgIpc) is 3.48. The van der Waals surface area contributed by atoms with Crippen LogP contribution in [0.25, 0.3) is 0 Å². The van der Waals surface area contributed by atoms with Crippen molar-refractivity contribution in [3.8, 4) is 11.5 Å². The first-order valence-electron chi connectivity index (χ1n) is 11.1. The number of carbonyl (C=O) groups excluding carboxylic acids is 2. The summed E-state index contributed by atoms with van der Waals surface area (Å²) in [6.07, 6.45) is -3.71. The van der Waals surface area contributed by atoms with Crippen LogP contribution in [0.15, 0.2) is 59.3 Å². The fourth-order valence-electron chi connectivity index (χ4n) is 4.41. The topological polar surface area (TPSA) is 114 Å². The van der Waals surface area contributed by atoms with E-state index in [1.807, 2.05) is 24.3 Å². The molecule has 0 unspecified atom stereocenters. The van der Waals surface area contributed by atoms with Crippen molar-refractivity contribution in [3.63, 3.8) is 0 Å². The van der Waals surface area contributed by atoms with Crippen molar-refractivity contribution in [1.82, 2.24) is 10.6 Å². The summed E-state index contributed by atoms with van der Waals surface area (Å²) in [6.45, 7) is -0.120. The first kappa shape index (κ1) is 25.5. The van der Waals surface area contributed by atoms with E-state index in [1.54, 1.807) is 16.8 Å². The van der Waals surface area contributed by atoms with E-state index in [1.165, 1.54) is 11.3 Å². The minimum atomic E-state index is -4.88. The molecule has 36 heavy (non-hydrogen) atoms. The molecule has 1 aliphatic rings. The van der Waals surface area contributed by atoms with Crippen molar-refractivity contribution >= 4 is 23.2 Å². The molecular formula is C25H24F3N3O4S. The van der Waals surface area contributed by atoms with E-state index in [0.717, 1.165) is 29.3 Å². The zero-order valence-electron chi connectivity index (χ0n) is 18.9. The Bertz CT molecular complexity index is 1210. The molecule has 4 rings (SSSR count). The van der Waals surface area contributed by atoms with Crippen LogP contribution in [0.4, 0.5) is 13.2 Å². The first-order valence-corrected chi connectivity index (χ1v) is 12.0. The number of aromatic hydroxyl groups is 1. The van der Waals surface area contributed by atoms with E-state index < -0.39 is 36.0 Å². The SMILES string of the molecule is NC(=O)[C@H](NC(=O)[C@H](NCc1cc(OC(F)(F)F)ccc1O)C1Cc2ccccc2C1)c1ccsc1. The number of alkyl halides is 3. The van der Waals surface area contributed by atoms with Crippen molar-refractivity contribution in [1.29, 1.82) is 0 Å². The van der Waals surface area contributed by atoms with Crippen LogP contribution in [-0.4, -0.2) is 29.3 Å². The number of thiophene rings is 1. The van der Waals surface area contributed by atoms with Gasteiger partial charge in [0.1, 0.15) is 17.5 Å². The van der Waals surface area contributed by atoms with Gasteiger partial charge in [-0.15, -0.1) is 13.2 Å². The van der Waals surface area contributed by atoms with E-state index >= 15 is 0 Å². The van der Waals surface area contributed by atoms with Gasteiger partial charge in [0.15, 0.2) is 0 Å². The molecule has 2 amide bonds. The van der Waals surface area contributed by atoms with Gasteiger partial charge >= 0.3 is 6.36 Å². The monoisotopic (exact) mass is 519 g/mol. The minimum Gasteiger partial charge on any atom is -0.508 e. The van der Waals surface area contributed by atoms with Crippen molar-refractivity contribution in [2.75, 3.05) is 0 Å². The third kappa shape index (κ3) is 6.16. The molecule has 1 heterocycles. The van der Waals surface area contributed by atoms with Crippen LogP contribution in [0.3, 0.4) is 0 Å². The molecule has 0 radical (unpaired) electrons. The highest BCUT2D eigenvalue weighted by Gasteiger charge is 2.35. The van der Waals surface area contributed by atoms with Gasteiger partial charge in [-0.05, 0) is 70.5 Å². The smallest absolute Gasteiger partial charge is 0.508 e. The molecule has 190 valence electrons. The second-order valence-corrected chi connectivity index (χ2v) is 9.31. The summed E-state index contributed by atoms with van der Waals surface area (Å²) in [5.41, 5.74) is 8.41. The maximum atomic E-state index is 13.4. The number of amides is 2. The van der Waals surface area contributed by atoms with Crippen LogP contribution in [0, 0.1) is 5.92 Å². The van der Waals surface area contributed by atoms with E-state index in [2.05, 4.69) is 15.4 Å². The molecule has 0 spiro atoms. The molecule has 1 aliphatic carbocycles. The number of ether oxygens (including phenoxy) is 1. The van der Waals surface area contributed by atoms with E-state index in [4.69, 9.17) is 5.73 Å². The van der Waals surface area contributed by atoms with Crippen molar-refractivity contribution in [3.05, 3.63) is 81.5 Å². The van der Waals surface area contributed by atoms with Crippen LogP contribution >= 0.6 is 11.3 Å². The lowest BCUT2D eigenvalue weighted by molar-refractivity contribution is -0.274. The minimum absolute atomic E-state index is 0.120. The number of hydrogen-bond donors (Lipinski definition) is 4. The normalized spacial score (nSPS) is 15.2. The number of fused-ring (bicyclic) bond motifs is 1. The summed E-state index contributed by atoms with van der Waals surface area (Å²) in [5, 5.41) is 19.5. The Morgan fingerprint density at radius 2 is 1.83 bits per heavy atom. The van der Waals surface area contributed by atoms with Crippen LogP contribution in [-0.2, 0) is 29.0 Å². The second kappa shape index (κ2) is 10.6. The van der Waals surface area contributed by atoms with Gasteiger partial charge in [0, 0.05) is 12.1 Å². The molecule has 7 nitrogen and oxygen atoms in total. The lowest BCUT2D eigenvalue weighted by Crippen LogP contribution is -2.51. The molecule has 2 aromatic carbocycles. The second-order valence-electron chi connectivity index (χ2n) is 8.53. The molecular weight excluding hydrogens is 495 g/mol. The summed E-state index contributed by atoms with van der Waals surface area (Å²) < 4.78 is 41.9. The number of hydrogen-bond acceptors (Lipinski definition) is 6. The van der Waals surface area contributed by atoms with Crippen LogP contribution in [0.2, 0.25) is 0 Å². The number of primary amides is 1. The lowest BCUT2D eigenvalue weighted by atomic mass is 9.94. The summed E-state index contributed by atoms with van der Waals surface area (Å²) in [6, 6.07) is 10.8. The Balaban J connectivity index is 1.56. The number of carbonyl (C=O) groups is 2. The Kier molecular flexibility index (Phi) is 7.51. The Morgan fingerprint density at radius 1 is 1.14 bits per heavy atom. The zero-order valence-corrected chi connectivity index (χ0v) is 19.7. The van der Waals surface area contributed by atoms with Gasteiger partial charge in [0.25, 0.3) is 0 Å². The summed E-state index contributed by atoms with van der Waals surface area (Å²) in [7, 11) is 0. The molecule has 5 N–H and O–H groups in total. The predicted octanol–water partition coefficient (Wildman–Crippen LogP) is 3.57. The fraction of sp³-hybridized carbons (Fsp3) is 0.280. The van der Waals surface area contributed by atoms with Crippen LogP contribution < -0.4 is 21.1 Å². The average molecular weight is 520 g/mol. The highest BCUT2D eigenvalue weighted by Crippen LogP contribution is 2.31. The number of nitrogens with two attached hydrogens (primary N) is 1. The number of halogens is 3. The van der Waals surface area contributed by atoms with Crippen molar-refractivity contribution in [2.45, 2.75) is 37.8 Å². The highest BCUT2D eigenvalue weighted by molar-refractivity contribution is 7.08. The third-order valence-corrected chi connectivity index (χ3v) is 6.78. The number of phenols is 1. The molecule has 0 fully saturated rings. The van der Waals surface area contributed by atoms with E-state index in [0.29, 0.717) is 18.4 Å². The Labute approximate surface area is 209 Å². The predicted molar refractivity (Wildman–Crippen MR) is 127 cm³/mol. The van der Waals surface area contributed by atoms with Gasteiger partial charge in [-0.2, -0.15) is 11.3 Å². The molecule has 1 aromatic heterocycles. The molecule has 0 bridgehead atoms. The molecule has 2 atom stereocenters. The number of phenolic OH excluding ortho intramolecular Hbond substituents is 1. The van der Waals surface area contributed by atoms with Crippen LogP contribution in [0.5, 0.6) is 11.5 Å². The quantitative estimate of drug-likeness (QED) is 0.345. The molecule has 3 aromatic rings. The van der Waals surface area contributed by atoms with Gasteiger partial charge in [0.05, 0.1) is 6.04 Å². The van der Waals surface area contributed by atoms with Crippen molar-refractivity contribution in [2.24, 2.45) is 11.7 Å². The lowest BCUT2D eigenvalue weighted by Gasteiger charge is -2.26. The maximum absolute atomic E-state index is 13.4.